The molecule has 10 heteroatoms. The summed E-state index contributed by atoms with van der Waals surface area (Å²) in [4.78, 5) is 25.7. The zero-order valence-corrected chi connectivity index (χ0v) is 17.2. The molecule has 0 fully saturated rings. The topological polar surface area (TPSA) is 110 Å². The molecular formula is C18H10Br2N4O4. The van der Waals surface area contributed by atoms with Gasteiger partial charge in [-0.1, -0.05) is 6.07 Å². The van der Waals surface area contributed by atoms with Crippen LogP contribution in [0.15, 0.2) is 48.9 Å². The lowest BCUT2D eigenvalue weighted by Crippen LogP contribution is -2.33. The Morgan fingerprint density at radius 1 is 1.21 bits per heavy atom. The standard InChI is InChI=1S/C18H10Br2N4O4/c19-12-5-10(24-18(26)22-17(25)14(8-21)23-24)6-13(20)16(12)28-11-2-1-9-3-4-27-15(9)7-11/h1-2,5-7H,3-4H2,(H,22,25,26). The minimum atomic E-state index is -0.833. The molecule has 0 aliphatic carbocycles. The number of nitrogens with zero attached hydrogens (tertiary/aromatic N) is 3. The number of hydrogen-bond acceptors (Lipinski definition) is 6. The van der Waals surface area contributed by atoms with Crippen LogP contribution in [0.1, 0.15) is 11.3 Å². The van der Waals surface area contributed by atoms with Crippen LogP contribution in [0.2, 0.25) is 0 Å². The van der Waals surface area contributed by atoms with E-state index in [9.17, 15) is 9.59 Å². The highest BCUT2D eigenvalue weighted by Gasteiger charge is 2.17. The Balaban J connectivity index is 1.73. The first-order chi connectivity index (χ1) is 13.5. The Morgan fingerprint density at radius 2 is 1.96 bits per heavy atom. The molecule has 1 aromatic heterocycles. The van der Waals surface area contributed by atoms with Crippen molar-refractivity contribution in [2.24, 2.45) is 0 Å². The van der Waals surface area contributed by atoms with Crippen molar-refractivity contribution in [3.63, 3.8) is 0 Å². The Kier molecular flexibility index (Phi) is 4.78. The van der Waals surface area contributed by atoms with E-state index in [-0.39, 0.29) is 0 Å². The predicted molar refractivity (Wildman–Crippen MR) is 106 cm³/mol. The molecule has 0 saturated heterocycles. The molecule has 2 heterocycles. The molecule has 0 atom stereocenters. The zero-order chi connectivity index (χ0) is 19.8. The minimum absolute atomic E-state index is 0.334. The van der Waals surface area contributed by atoms with Crippen LogP contribution in [0.3, 0.4) is 0 Å². The van der Waals surface area contributed by atoms with Crippen molar-refractivity contribution >= 4 is 31.9 Å². The first kappa shape index (κ1) is 18.5. The third kappa shape index (κ3) is 3.34. The third-order valence-corrected chi connectivity index (χ3v) is 5.23. The van der Waals surface area contributed by atoms with Gasteiger partial charge in [0.15, 0.2) is 5.75 Å². The van der Waals surface area contributed by atoms with Crippen LogP contribution in [0.25, 0.3) is 5.69 Å². The van der Waals surface area contributed by atoms with E-state index in [1.165, 1.54) is 0 Å². The number of rotatable bonds is 3. The second-order valence-corrected chi connectivity index (χ2v) is 7.55. The van der Waals surface area contributed by atoms with Crippen molar-refractivity contribution in [3.05, 3.63) is 71.4 Å². The Labute approximate surface area is 174 Å². The van der Waals surface area contributed by atoms with E-state index < -0.39 is 16.9 Å². The number of aromatic nitrogens is 3. The van der Waals surface area contributed by atoms with E-state index in [0.717, 1.165) is 22.4 Å². The van der Waals surface area contributed by atoms with Gasteiger partial charge in [0.25, 0.3) is 5.56 Å². The van der Waals surface area contributed by atoms with Crippen molar-refractivity contribution in [1.82, 2.24) is 14.8 Å². The summed E-state index contributed by atoms with van der Waals surface area (Å²) in [5.74, 6) is 1.88. The Morgan fingerprint density at radius 3 is 2.68 bits per heavy atom. The van der Waals surface area contributed by atoms with Gasteiger partial charge in [0.1, 0.15) is 17.6 Å². The summed E-state index contributed by atoms with van der Waals surface area (Å²) in [6.07, 6.45) is 0.878. The fourth-order valence-corrected chi connectivity index (χ4v) is 4.07. The Hall–Kier alpha value is -2.90. The highest BCUT2D eigenvalue weighted by Crippen LogP contribution is 2.40. The van der Waals surface area contributed by atoms with E-state index in [1.54, 1.807) is 18.2 Å². The number of fused-ring (bicyclic) bond motifs is 1. The number of nitrogens with one attached hydrogen (secondary N) is 1. The molecule has 0 bridgehead atoms. The number of ether oxygens (including phenoxy) is 2. The van der Waals surface area contributed by atoms with E-state index in [0.29, 0.717) is 32.7 Å². The fraction of sp³-hybridized carbons (Fsp3) is 0.111. The van der Waals surface area contributed by atoms with Gasteiger partial charge in [0, 0.05) is 12.5 Å². The minimum Gasteiger partial charge on any atom is -0.493 e. The lowest BCUT2D eigenvalue weighted by Gasteiger charge is -2.13. The molecule has 2 aromatic carbocycles. The first-order valence-corrected chi connectivity index (χ1v) is 9.61. The molecule has 140 valence electrons. The molecule has 0 unspecified atom stereocenters. The number of nitriles is 1. The Bertz CT molecular complexity index is 1240. The summed E-state index contributed by atoms with van der Waals surface area (Å²) in [5.41, 5.74) is -0.531. The fourth-order valence-electron chi connectivity index (χ4n) is 2.74. The average molecular weight is 506 g/mol. The zero-order valence-electron chi connectivity index (χ0n) is 14.0. The summed E-state index contributed by atoms with van der Waals surface area (Å²) in [6, 6.07) is 10.5. The summed E-state index contributed by atoms with van der Waals surface area (Å²) in [7, 11) is 0. The van der Waals surface area contributed by atoms with Gasteiger partial charge in [0.05, 0.1) is 21.2 Å². The van der Waals surface area contributed by atoms with Crippen molar-refractivity contribution in [1.29, 1.82) is 5.26 Å². The number of hydrogen-bond donors (Lipinski definition) is 1. The smallest absolute Gasteiger partial charge is 0.349 e. The van der Waals surface area contributed by atoms with Crippen LogP contribution in [0, 0.1) is 11.3 Å². The summed E-state index contributed by atoms with van der Waals surface area (Å²) in [6.45, 7) is 0.659. The normalized spacial score (nSPS) is 12.2. The number of halogens is 2. The lowest BCUT2D eigenvalue weighted by molar-refractivity contribution is 0.355. The van der Waals surface area contributed by atoms with Gasteiger partial charge in [-0.15, -0.1) is 5.10 Å². The molecule has 0 radical (unpaired) electrons. The maximum atomic E-state index is 12.1. The van der Waals surface area contributed by atoms with Gasteiger partial charge < -0.3 is 9.47 Å². The summed E-state index contributed by atoms with van der Waals surface area (Å²) in [5, 5.41) is 12.8. The maximum absolute atomic E-state index is 12.1. The molecule has 3 aromatic rings. The average Bonchev–Trinajstić information content (AvgIpc) is 3.12. The van der Waals surface area contributed by atoms with Crippen LogP contribution in [-0.4, -0.2) is 21.4 Å². The van der Waals surface area contributed by atoms with Crippen LogP contribution in [0.4, 0.5) is 0 Å². The quantitative estimate of drug-likeness (QED) is 0.585. The number of H-pyrrole nitrogens is 1. The van der Waals surface area contributed by atoms with E-state index in [4.69, 9.17) is 14.7 Å². The molecule has 4 rings (SSSR count). The van der Waals surface area contributed by atoms with E-state index in [1.807, 2.05) is 18.2 Å². The van der Waals surface area contributed by atoms with Crippen LogP contribution in [-0.2, 0) is 6.42 Å². The molecule has 8 nitrogen and oxygen atoms in total. The number of benzene rings is 2. The van der Waals surface area contributed by atoms with E-state index in [2.05, 4.69) is 41.9 Å². The van der Waals surface area contributed by atoms with Crippen molar-refractivity contribution in [2.45, 2.75) is 6.42 Å². The van der Waals surface area contributed by atoms with Crippen molar-refractivity contribution in [3.8, 4) is 29.0 Å². The number of aromatic amines is 1. The van der Waals surface area contributed by atoms with E-state index >= 15 is 0 Å². The maximum Gasteiger partial charge on any atom is 0.349 e. The molecular weight excluding hydrogens is 496 g/mol. The van der Waals surface area contributed by atoms with Gasteiger partial charge in [0.2, 0.25) is 5.69 Å². The van der Waals surface area contributed by atoms with Gasteiger partial charge >= 0.3 is 5.69 Å². The van der Waals surface area contributed by atoms with Gasteiger partial charge in [-0.05, 0) is 55.6 Å². The molecule has 28 heavy (non-hydrogen) atoms. The van der Waals surface area contributed by atoms with Gasteiger partial charge in [-0.2, -0.15) is 9.94 Å². The second-order valence-electron chi connectivity index (χ2n) is 5.84. The molecule has 0 amide bonds. The van der Waals surface area contributed by atoms with Crippen LogP contribution < -0.4 is 20.7 Å². The predicted octanol–water partition coefficient (Wildman–Crippen LogP) is 3.04. The first-order valence-electron chi connectivity index (χ1n) is 8.03. The van der Waals surface area contributed by atoms with Crippen molar-refractivity contribution < 1.29 is 9.47 Å². The summed E-state index contributed by atoms with van der Waals surface area (Å²) < 4.78 is 13.5. The molecule has 1 aliphatic rings. The highest BCUT2D eigenvalue weighted by molar-refractivity contribution is 9.11. The SMILES string of the molecule is N#Cc1nn(-c2cc(Br)c(Oc3ccc4c(c3)OCC4)c(Br)c2)c(=O)[nH]c1=O. The molecule has 1 aliphatic heterocycles. The summed E-state index contributed by atoms with van der Waals surface area (Å²) >= 11 is 6.85. The lowest BCUT2D eigenvalue weighted by atomic mass is 10.2. The third-order valence-electron chi connectivity index (χ3n) is 4.05. The monoisotopic (exact) mass is 504 g/mol. The van der Waals surface area contributed by atoms with Gasteiger partial charge in [-0.25, -0.2) is 4.79 Å². The van der Waals surface area contributed by atoms with Crippen LogP contribution in [0.5, 0.6) is 17.2 Å². The molecule has 0 saturated carbocycles. The largest absolute Gasteiger partial charge is 0.493 e. The molecule has 1 N–H and O–H groups in total. The highest BCUT2D eigenvalue weighted by atomic mass is 79.9. The van der Waals surface area contributed by atoms with Crippen molar-refractivity contribution in [2.75, 3.05) is 6.61 Å². The second kappa shape index (κ2) is 7.26. The molecule has 0 spiro atoms. The van der Waals surface area contributed by atoms with Crippen LogP contribution >= 0.6 is 31.9 Å². The van der Waals surface area contributed by atoms with Gasteiger partial charge in [-0.3, -0.25) is 9.78 Å².